The molecular weight excluding hydrogens is 416 g/mol. The molecule has 33 heavy (non-hydrogen) atoms. The van der Waals surface area contributed by atoms with Crippen molar-refractivity contribution in [2.45, 2.75) is 31.3 Å². The number of rotatable bonds is 5. The van der Waals surface area contributed by atoms with Crippen molar-refractivity contribution < 1.29 is 0 Å². The monoisotopic (exact) mass is 438 g/mol. The predicted molar refractivity (Wildman–Crippen MR) is 128 cm³/mol. The predicted octanol–water partition coefficient (Wildman–Crippen LogP) is 3.50. The number of fused-ring (bicyclic) bond motifs is 2. The van der Waals surface area contributed by atoms with Crippen molar-refractivity contribution in [1.82, 2.24) is 29.5 Å². The molecular formula is C24H22N8O. The smallest absolute Gasteiger partial charge is 0.256 e. The summed E-state index contributed by atoms with van der Waals surface area (Å²) in [6.07, 6.45) is 8.19. The van der Waals surface area contributed by atoms with E-state index >= 15 is 0 Å². The van der Waals surface area contributed by atoms with Crippen LogP contribution in [0.15, 0.2) is 71.9 Å². The van der Waals surface area contributed by atoms with Crippen LogP contribution in [0.2, 0.25) is 0 Å². The van der Waals surface area contributed by atoms with Gasteiger partial charge in [-0.25, -0.2) is 19.9 Å². The van der Waals surface area contributed by atoms with E-state index in [1.807, 2.05) is 36.4 Å². The minimum Gasteiger partial charge on any atom is -0.367 e. The Bertz CT molecular complexity index is 1460. The number of aromatic amines is 1. The average Bonchev–Trinajstić information content (AvgIpc) is 3.46. The molecule has 1 saturated carbocycles. The van der Waals surface area contributed by atoms with Crippen molar-refractivity contribution in [3.8, 4) is 5.69 Å². The van der Waals surface area contributed by atoms with Crippen molar-refractivity contribution in [2.75, 3.05) is 10.6 Å². The van der Waals surface area contributed by atoms with E-state index in [2.05, 4.69) is 35.6 Å². The number of H-pyrrole nitrogens is 1. The molecule has 2 atom stereocenters. The van der Waals surface area contributed by atoms with Gasteiger partial charge in [0.05, 0.1) is 11.9 Å². The normalized spacial score (nSPS) is 18.1. The Labute approximate surface area is 189 Å². The molecule has 0 bridgehead atoms. The van der Waals surface area contributed by atoms with Crippen molar-refractivity contribution in [3.63, 3.8) is 0 Å². The van der Waals surface area contributed by atoms with Crippen molar-refractivity contribution in [2.24, 2.45) is 0 Å². The zero-order valence-corrected chi connectivity index (χ0v) is 17.8. The standard InChI is InChI=1S/C24H22N8O/c33-21-10-5-15-3-1-12-26-23(15)32(21)18-8-9-20(27-14-18)28-16-6-7-17(13-16)29-24-30-19-4-2-11-25-22(19)31-24/h1-5,8-12,14,16-17H,6-7,13H2,(H,27,28)(H2,25,29,30,31)/t16-,17-/m0/s1. The maximum Gasteiger partial charge on any atom is 0.256 e. The van der Waals surface area contributed by atoms with Gasteiger partial charge in [0, 0.05) is 35.9 Å². The van der Waals surface area contributed by atoms with E-state index in [9.17, 15) is 4.79 Å². The molecule has 5 heterocycles. The number of hydrogen-bond donors (Lipinski definition) is 3. The van der Waals surface area contributed by atoms with Gasteiger partial charge in [0.2, 0.25) is 5.95 Å². The lowest BCUT2D eigenvalue weighted by Crippen LogP contribution is -2.22. The van der Waals surface area contributed by atoms with E-state index in [0.29, 0.717) is 23.4 Å². The molecule has 0 saturated heterocycles. The fourth-order valence-corrected chi connectivity index (χ4v) is 4.48. The summed E-state index contributed by atoms with van der Waals surface area (Å²) in [5.41, 5.74) is 2.83. The fourth-order valence-electron chi connectivity index (χ4n) is 4.48. The van der Waals surface area contributed by atoms with Gasteiger partial charge in [-0.3, -0.25) is 9.36 Å². The molecule has 1 fully saturated rings. The summed E-state index contributed by atoms with van der Waals surface area (Å²) >= 11 is 0. The molecule has 9 nitrogen and oxygen atoms in total. The van der Waals surface area contributed by atoms with E-state index in [1.54, 1.807) is 35.3 Å². The second-order valence-electron chi connectivity index (χ2n) is 8.28. The molecule has 164 valence electrons. The lowest BCUT2D eigenvalue weighted by molar-refractivity contribution is 0.718. The number of hydrogen-bond acceptors (Lipinski definition) is 7. The number of nitrogens with zero attached hydrogens (tertiary/aromatic N) is 5. The summed E-state index contributed by atoms with van der Waals surface area (Å²) in [6, 6.07) is 15.4. The van der Waals surface area contributed by atoms with E-state index < -0.39 is 0 Å². The summed E-state index contributed by atoms with van der Waals surface area (Å²) < 4.78 is 1.59. The molecule has 6 rings (SSSR count). The molecule has 3 N–H and O–H groups in total. The van der Waals surface area contributed by atoms with Crippen LogP contribution in [0.4, 0.5) is 11.8 Å². The van der Waals surface area contributed by atoms with E-state index in [4.69, 9.17) is 0 Å². The Morgan fingerprint density at radius 3 is 2.61 bits per heavy atom. The van der Waals surface area contributed by atoms with Crippen LogP contribution in [0.5, 0.6) is 0 Å². The SMILES string of the molecule is O=c1ccc2cccnc2n1-c1ccc(N[C@H]2CC[C@H](Nc3nc4cccnc4[nH]3)C2)nc1. The van der Waals surface area contributed by atoms with Gasteiger partial charge < -0.3 is 15.6 Å². The zero-order valence-electron chi connectivity index (χ0n) is 17.8. The third-order valence-corrected chi connectivity index (χ3v) is 6.04. The number of nitrogens with one attached hydrogen (secondary N) is 3. The van der Waals surface area contributed by atoms with Crippen LogP contribution in [0.1, 0.15) is 19.3 Å². The van der Waals surface area contributed by atoms with Crippen molar-refractivity contribution in [1.29, 1.82) is 0 Å². The van der Waals surface area contributed by atoms with E-state index in [1.165, 1.54) is 0 Å². The highest BCUT2D eigenvalue weighted by Gasteiger charge is 2.25. The first-order valence-corrected chi connectivity index (χ1v) is 11.0. The molecule has 1 aliphatic carbocycles. The summed E-state index contributed by atoms with van der Waals surface area (Å²) in [4.78, 5) is 33.5. The highest BCUT2D eigenvalue weighted by atomic mass is 16.1. The fraction of sp³-hybridized carbons (Fsp3) is 0.208. The van der Waals surface area contributed by atoms with Gasteiger partial charge in [0.1, 0.15) is 17.0 Å². The summed E-state index contributed by atoms with van der Waals surface area (Å²) in [6.45, 7) is 0. The van der Waals surface area contributed by atoms with Crippen LogP contribution in [-0.4, -0.2) is 41.6 Å². The van der Waals surface area contributed by atoms with Crippen LogP contribution < -0.4 is 16.2 Å². The van der Waals surface area contributed by atoms with Crippen LogP contribution in [0.25, 0.3) is 27.9 Å². The number of imidazole rings is 1. The first-order chi connectivity index (χ1) is 16.2. The summed E-state index contributed by atoms with van der Waals surface area (Å²) in [5.74, 6) is 1.55. The van der Waals surface area contributed by atoms with Crippen molar-refractivity contribution in [3.05, 3.63) is 77.5 Å². The molecule has 0 aliphatic heterocycles. The average molecular weight is 438 g/mol. The van der Waals surface area contributed by atoms with Crippen molar-refractivity contribution >= 4 is 34.0 Å². The molecule has 0 amide bonds. The molecule has 0 aromatic carbocycles. The Kier molecular flexibility index (Phi) is 4.71. The first kappa shape index (κ1) is 19.4. The Morgan fingerprint density at radius 2 is 1.76 bits per heavy atom. The molecule has 0 radical (unpaired) electrons. The minimum absolute atomic E-state index is 0.130. The van der Waals surface area contributed by atoms with Gasteiger partial charge in [0.25, 0.3) is 5.56 Å². The highest BCUT2D eigenvalue weighted by molar-refractivity contribution is 5.76. The second-order valence-corrected chi connectivity index (χ2v) is 8.28. The van der Waals surface area contributed by atoms with Gasteiger partial charge in [-0.15, -0.1) is 0 Å². The third kappa shape index (κ3) is 3.78. The van der Waals surface area contributed by atoms with Crippen LogP contribution in [0.3, 0.4) is 0 Å². The Morgan fingerprint density at radius 1 is 0.909 bits per heavy atom. The zero-order chi connectivity index (χ0) is 22.2. The van der Waals surface area contributed by atoms with Gasteiger partial charge in [-0.1, -0.05) is 0 Å². The van der Waals surface area contributed by atoms with Crippen LogP contribution in [-0.2, 0) is 0 Å². The van der Waals surface area contributed by atoms with Gasteiger partial charge in [-0.2, -0.15) is 0 Å². The highest BCUT2D eigenvalue weighted by Crippen LogP contribution is 2.25. The molecule has 1 aliphatic rings. The third-order valence-electron chi connectivity index (χ3n) is 6.04. The number of anilines is 2. The molecule has 5 aromatic rings. The topological polar surface area (TPSA) is 113 Å². The molecule has 0 spiro atoms. The van der Waals surface area contributed by atoms with Gasteiger partial charge >= 0.3 is 0 Å². The largest absolute Gasteiger partial charge is 0.367 e. The Balaban J connectivity index is 1.14. The Hall–Kier alpha value is -4.27. The molecule has 0 unspecified atom stereocenters. The molecule has 5 aromatic heterocycles. The van der Waals surface area contributed by atoms with Crippen LogP contribution >= 0.6 is 0 Å². The van der Waals surface area contributed by atoms with E-state index in [-0.39, 0.29) is 5.56 Å². The quantitative estimate of drug-likeness (QED) is 0.385. The minimum atomic E-state index is -0.130. The lowest BCUT2D eigenvalue weighted by Gasteiger charge is -2.15. The lowest BCUT2D eigenvalue weighted by atomic mass is 10.2. The first-order valence-electron chi connectivity index (χ1n) is 11.0. The second kappa shape index (κ2) is 8.01. The van der Waals surface area contributed by atoms with Gasteiger partial charge in [-0.05, 0) is 61.7 Å². The number of pyridine rings is 4. The summed E-state index contributed by atoms with van der Waals surface area (Å²) in [5, 5.41) is 7.91. The van der Waals surface area contributed by atoms with E-state index in [0.717, 1.165) is 47.6 Å². The molecule has 9 heteroatoms. The maximum absolute atomic E-state index is 12.5. The maximum atomic E-state index is 12.5. The van der Waals surface area contributed by atoms with Gasteiger partial charge in [0.15, 0.2) is 5.65 Å². The summed E-state index contributed by atoms with van der Waals surface area (Å²) in [7, 11) is 0. The number of aromatic nitrogens is 6. The van der Waals surface area contributed by atoms with Crippen LogP contribution in [0, 0.1) is 0 Å².